The quantitative estimate of drug-likeness (QED) is 0.404. The van der Waals surface area contributed by atoms with Crippen LogP contribution in [0.25, 0.3) is 21.8 Å². The van der Waals surface area contributed by atoms with Crippen LogP contribution in [0, 0.1) is 6.92 Å². The van der Waals surface area contributed by atoms with Crippen molar-refractivity contribution in [1.29, 1.82) is 0 Å². The molecule has 4 rings (SSSR count). The van der Waals surface area contributed by atoms with Gasteiger partial charge in [0.05, 0.1) is 22.3 Å². The van der Waals surface area contributed by atoms with E-state index in [-0.39, 0.29) is 11.3 Å². The minimum absolute atomic E-state index is 0.0598. The molecule has 0 spiro atoms. The van der Waals surface area contributed by atoms with Gasteiger partial charge in [0, 0.05) is 7.05 Å². The normalized spacial score (nSPS) is 11.4. The molecule has 27 heavy (non-hydrogen) atoms. The SMILES string of the molecule is CC(=O)c1sc2nc(CSc3nnc(-c4ccco4)n3C)[nH]c(=O)c2c1C. The Kier molecular flexibility index (Phi) is 4.44. The molecule has 0 aliphatic carbocycles. The predicted octanol–water partition coefficient (Wildman–Crippen LogP) is 3.18. The van der Waals surface area contributed by atoms with Crippen molar-refractivity contribution in [2.75, 3.05) is 0 Å². The van der Waals surface area contributed by atoms with E-state index < -0.39 is 0 Å². The number of Topliss-reactive ketones (excluding diaryl/α,β-unsaturated/α-hetero) is 1. The van der Waals surface area contributed by atoms with Gasteiger partial charge >= 0.3 is 0 Å². The van der Waals surface area contributed by atoms with Crippen LogP contribution in [0.5, 0.6) is 0 Å². The van der Waals surface area contributed by atoms with Crippen molar-refractivity contribution in [3.8, 4) is 11.6 Å². The molecule has 0 atom stereocenters. The van der Waals surface area contributed by atoms with Crippen LogP contribution in [0.4, 0.5) is 0 Å². The van der Waals surface area contributed by atoms with Gasteiger partial charge in [0.15, 0.2) is 22.5 Å². The van der Waals surface area contributed by atoms with Crippen LogP contribution < -0.4 is 5.56 Å². The lowest BCUT2D eigenvalue weighted by Crippen LogP contribution is -2.11. The number of carbonyl (C=O) groups excluding carboxylic acids is 1. The number of H-pyrrole nitrogens is 1. The van der Waals surface area contributed by atoms with Crippen LogP contribution in [-0.2, 0) is 12.8 Å². The number of carbonyl (C=O) groups is 1. The van der Waals surface area contributed by atoms with Gasteiger partial charge in [0.2, 0.25) is 0 Å². The molecule has 138 valence electrons. The van der Waals surface area contributed by atoms with Crippen molar-refractivity contribution in [2.45, 2.75) is 24.8 Å². The second kappa shape index (κ2) is 6.78. The number of aromatic amines is 1. The summed E-state index contributed by atoms with van der Waals surface area (Å²) in [5.74, 6) is 2.14. The molecule has 0 amide bonds. The summed E-state index contributed by atoms with van der Waals surface area (Å²) in [4.78, 5) is 32.6. The molecule has 8 nitrogen and oxygen atoms in total. The van der Waals surface area contributed by atoms with Crippen molar-refractivity contribution < 1.29 is 9.21 Å². The second-order valence-corrected chi connectivity index (χ2v) is 7.88. The molecule has 10 heteroatoms. The Morgan fingerprint density at radius 1 is 1.41 bits per heavy atom. The van der Waals surface area contributed by atoms with Gasteiger partial charge in [-0.05, 0) is 31.5 Å². The van der Waals surface area contributed by atoms with E-state index in [0.29, 0.717) is 49.0 Å². The first-order valence-corrected chi connectivity index (χ1v) is 9.85. The van der Waals surface area contributed by atoms with Crippen molar-refractivity contribution in [3.05, 3.63) is 45.0 Å². The number of fused-ring (bicyclic) bond motifs is 1. The third kappa shape index (κ3) is 3.10. The summed E-state index contributed by atoms with van der Waals surface area (Å²) < 4.78 is 7.18. The van der Waals surface area contributed by atoms with Gasteiger partial charge in [-0.15, -0.1) is 21.5 Å². The average molecular weight is 401 g/mol. The standard InChI is InChI=1S/C17H15N5O3S2/c1-8-12-15(24)18-11(19-16(12)27-13(8)9(2)23)7-26-17-21-20-14(22(17)3)10-5-4-6-25-10/h4-6H,7H2,1-3H3,(H,18,19,24). The second-order valence-electron chi connectivity index (χ2n) is 5.94. The van der Waals surface area contributed by atoms with E-state index in [1.54, 1.807) is 19.3 Å². The van der Waals surface area contributed by atoms with E-state index >= 15 is 0 Å². The first-order chi connectivity index (χ1) is 13.0. The highest BCUT2D eigenvalue weighted by Gasteiger charge is 2.18. The van der Waals surface area contributed by atoms with Gasteiger partial charge in [-0.3, -0.25) is 9.59 Å². The summed E-state index contributed by atoms with van der Waals surface area (Å²) in [6, 6.07) is 3.61. The number of aromatic nitrogens is 5. The molecule has 0 aliphatic heterocycles. The maximum Gasteiger partial charge on any atom is 0.259 e. The third-order valence-electron chi connectivity index (χ3n) is 4.08. The molecule has 0 aliphatic rings. The highest BCUT2D eigenvalue weighted by molar-refractivity contribution is 7.98. The number of nitrogens with one attached hydrogen (secondary N) is 1. The highest BCUT2D eigenvalue weighted by atomic mass is 32.2. The number of aryl methyl sites for hydroxylation is 1. The van der Waals surface area contributed by atoms with Crippen molar-refractivity contribution in [3.63, 3.8) is 0 Å². The fraction of sp³-hybridized carbons (Fsp3) is 0.235. The van der Waals surface area contributed by atoms with E-state index in [1.165, 1.54) is 30.0 Å². The Hall–Kier alpha value is -2.72. The zero-order valence-corrected chi connectivity index (χ0v) is 16.4. The molecule has 4 heterocycles. The molecule has 1 N–H and O–H groups in total. The smallest absolute Gasteiger partial charge is 0.259 e. The number of thiophene rings is 1. The summed E-state index contributed by atoms with van der Waals surface area (Å²) in [5.41, 5.74) is 0.456. The summed E-state index contributed by atoms with van der Waals surface area (Å²) in [6.45, 7) is 3.27. The number of ketones is 1. The molecule has 0 unspecified atom stereocenters. The number of thioether (sulfide) groups is 1. The molecule has 0 fully saturated rings. The van der Waals surface area contributed by atoms with E-state index in [2.05, 4.69) is 20.2 Å². The lowest BCUT2D eigenvalue weighted by atomic mass is 10.2. The maximum absolute atomic E-state index is 12.4. The fourth-order valence-electron chi connectivity index (χ4n) is 2.79. The highest BCUT2D eigenvalue weighted by Crippen LogP contribution is 2.29. The van der Waals surface area contributed by atoms with Crippen LogP contribution in [0.2, 0.25) is 0 Å². The van der Waals surface area contributed by atoms with Crippen LogP contribution in [-0.4, -0.2) is 30.5 Å². The minimum Gasteiger partial charge on any atom is -0.461 e. The lowest BCUT2D eigenvalue weighted by molar-refractivity contribution is 0.102. The Morgan fingerprint density at radius 2 is 2.22 bits per heavy atom. The molecule has 0 saturated heterocycles. The topological polar surface area (TPSA) is 107 Å². The summed E-state index contributed by atoms with van der Waals surface area (Å²) in [6.07, 6.45) is 1.58. The van der Waals surface area contributed by atoms with Gasteiger partial charge in [-0.25, -0.2) is 4.98 Å². The molecular formula is C17H15N5O3S2. The zero-order chi connectivity index (χ0) is 19.1. The average Bonchev–Trinajstić information content (AvgIpc) is 3.33. The molecule has 4 aromatic rings. The summed E-state index contributed by atoms with van der Waals surface area (Å²) >= 11 is 2.66. The van der Waals surface area contributed by atoms with Gasteiger partial charge in [0.25, 0.3) is 5.56 Å². The molecule has 4 aromatic heterocycles. The largest absolute Gasteiger partial charge is 0.461 e. The summed E-state index contributed by atoms with van der Waals surface area (Å²) in [5, 5.41) is 9.47. The third-order valence-corrected chi connectivity index (χ3v) is 6.40. The zero-order valence-electron chi connectivity index (χ0n) is 14.8. The van der Waals surface area contributed by atoms with Crippen LogP contribution in [0.15, 0.2) is 32.8 Å². The van der Waals surface area contributed by atoms with E-state index in [9.17, 15) is 9.59 Å². The first kappa shape index (κ1) is 17.7. The van der Waals surface area contributed by atoms with Crippen molar-refractivity contribution in [1.82, 2.24) is 24.7 Å². The van der Waals surface area contributed by atoms with Crippen molar-refractivity contribution in [2.24, 2.45) is 7.05 Å². The summed E-state index contributed by atoms with van der Waals surface area (Å²) in [7, 11) is 1.85. The maximum atomic E-state index is 12.4. The Balaban J connectivity index is 1.61. The number of nitrogens with zero attached hydrogens (tertiary/aromatic N) is 4. The van der Waals surface area contributed by atoms with Crippen LogP contribution >= 0.6 is 23.1 Å². The van der Waals surface area contributed by atoms with Gasteiger partial charge in [-0.1, -0.05) is 11.8 Å². The van der Waals surface area contributed by atoms with E-state index in [0.717, 1.165) is 0 Å². The first-order valence-electron chi connectivity index (χ1n) is 8.05. The Bertz CT molecular complexity index is 1200. The number of hydrogen-bond donors (Lipinski definition) is 1. The fourth-order valence-corrected chi connectivity index (χ4v) is 4.66. The number of furan rings is 1. The van der Waals surface area contributed by atoms with Gasteiger partial charge < -0.3 is 14.0 Å². The predicted molar refractivity (Wildman–Crippen MR) is 103 cm³/mol. The monoisotopic (exact) mass is 401 g/mol. The Labute approximate surface area is 161 Å². The van der Waals surface area contributed by atoms with Crippen LogP contribution in [0.3, 0.4) is 0 Å². The Morgan fingerprint density at radius 3 is 2.93 bits per heavy atom. The van der Waals surface area contributed by atoms with Crippen molar-refractivity contribution >= 4 is 39.1 Å². The minimum atomic E-state index is -0.230. The number of hydrogen-bond acceptors (Lipinski definition) is 8. The van der Waals surface area contributed by atoms with E-state index in [4.69, 9.17) is 4.42 Å². The van der Waals surface area contributed by atoms with E-state index in [1.807, 2.05) is 17.7 Å². The molecule has 0 aromatic carbocycles. The van der Waals surface area contributed by atoms with Gasteiger partial charge in [-0.2, -0.15) is 0 Å². The molecule has 0 radical (unpaired) electrons. The molecular weight excluding hydrogens is 386 g/mol. The van der Waals surface area contributed by atoms with Gasteiger partial charge in [0.1, 0.15) is 10.7 Å². The molecule has 0 saturated carbocycles. The lowest BCUT2D eigenvalue weighted by Gasteiger charge is -2.02. The number of rotatable bonds is 5. The van der Waals surface area contributed by atoms with Crippen LogP contribution in [0.1, 0.15) is 28.0 Å². The molecule has 0 bridgehead atoms.